The minimum atomic E-state index is -0.235. The van der Waals surface area contributed by atoms with Gasteiger partial charge in [-0.1, -0.05) is 25.1 Å². The predicted molar refractivity (Wildman–Crippen MR) is 91.9 cm³/mol. The number of aromatic nitrogens is 2. The van der Waals surface area contributed by atoms with Crippen LogP contribution < -0.4 is 10.6 Å². The summed E-state index contributed by atoms with van der Waals surface area (Å²) in [6.07, 6.45) is 1.09. The van der Waals surface area contributed by atoms with Gasteiger partial charge < -0.3 is 10.6 Å². The van der Waals surface area contributed by atoms with E-state index < -0.39 is 0 Å². The molecule has 0 bridgehead atoms. The molecule has 2 heterocycles. The van der Waals surface area contributed by atoms with Crippen LogP contribution in [0.1, 0.15) is 18.2 Å². The second-order valence-corrected chi connectivity index (χ2v) is 5.69. The van der Waals surface area contributed by atoms with Crippen LogP contribution in [0.4, 0.5) is 16.2 Å². The van der Waals surface area contributed by atoms with Gasteiger partial charge in [0.2, 0.25) is 0 Å². The molecular weight excluding hydrogens is 288 g/mol. The maximum atomic E-state index is 12.1. The number of aryl methyl sites for hydroxylation is 2. The van der Waals surface area contributed by atoms with Gasteiger partial charge in [0.15, 0.2) is 5.82 Å². The van der Waals surface area contributed by atoms with E-state index in [1.54, 1.807) is 0 Å². The molecule has 0 saturated heterocycles. The van der Waals surface area contributed by atoms with Crippen LogP contribution in [0.15, 0.2) is 48.5 Å². The molecular formula is C18H18N4O. The molecule has 116 valence electrons. The zero-order valence-electron chi connectivity index (χ0n) is 13.1. The SMILES string of the molecule is CCc1c2n(-c3ccc(NC(=O)Nc4ccccc4C)cc3)n1-2. The van der Waals surface area contributed by atoms with Crippen molar-refractivity contribution in [3.05, 3.63) is 59.8 Å². The standard InChI is InChI=1S/C18H18N4O/c1-3-16-17-21(22(16)17)14-10-8-13(9-11-14)19-18(23)20-15-7-5-4-6-12(15)2/h4-11H,3H2,1-2H3,(H2,19,20,23). The highest BCUT2D eigenvalue weighted by atomic mass is 16.2. The average molecular weight is 306 g/mol. The Morgan fingerprint density at radius 2 is 1.70 bits per heavy atom. The Morgan fingerprint density at radius 3 is 2.35 bits per heavy atom. The summed E-state index contributed by atoms with van der Waals surface area (Å²) in [5.74, 6) is 1.32. The minimum Gasteiger partial charge on any atom is -0.308 e. The molecule has 2 aliphatic heterocycles. The number of benzene rings is 2. The van der Waals surface area contributed by atoms with E-state index >= 15 is 0 Å². The first-order chi connectivity index (χ1) is 11.2. The lowest BCUT2D eigenvalue weighted by atomic mass is 10.2. The number of carbonyl (C=O) groups excluding carboxylic acids is 1. The highest BCUT2D eigenvalue weighted by Crippen LogP contribution is 2.42. The Labute approximate surface area is 134 Å². The summed E-state index contributed by atoms with van der Waals surface area (Å²) in [6.45, 7) is 4.13. The summed E-state index contributed by atoms with van der Waals surface area (Å²) in [5.41, 5.74) is 5.17. The number of nitrogens with one attached hydrogen (secondary N) is 2. The third-order valence-electron chi connectivity index (χ3n) is 4.12. The molecule has 0 saturated carbocycles. The molecule has 2 N–H and O–H groups in total. The van der Waals surface area contributed by atoms with Crippen molar-refractivity contribution in [3.63, 3.8) is 0 Å². The Balaban J connectivity index is 1.40. The Morgan fingerprint density at radius 1 is 1.00 bits per heavy atom. The molecule has 0 unspecified atom stereocenters. The van der Waals surface area contributed by atoms with Gasteiger partial charge in [0, 0.05) is 11.4 Å². The number of urea groups is 1. The van der Waals surface area contributed by atoms with Crippen molar-refractivity contribution in [2.24, 2.45) is 0 Å². The number of fused-ring (bicyclic) bond motifs is 1. The molecule has 0 atom stereocenters. The maximum absolute atomic E-state index is 12.1. The van der Waals surface area contributed by atoms with Gasteiger partial charge in [0.05, 0.1) is 11.4 Å². The number of hydrogen-bond donors (Lipinski definition) is 2. The second-order valence-electron chi connectivity index (χ2n) is 5.69. The molecule has 5 heteroatoms. The number of anilines is 2. The van der Waals surface area contributed by atoms with E-state index in [2.05, 4.69) is 26.9 Å². The first-order valence-electron chi connectivity index (χ1n) is 7.76. The lowest BCUT2D eigenvalue weighted by molar-refractivity contribution is 0.262. The summed E-state index contributed by atoms with van der Waals surface area (Å²) < 4.78 is 4.36. The molecule has 0 spiro atoms. The van der Waals surface area contributed by atoms with Crippen LogP contribution in [0.2, 0.25) is 0 Å². The lowest BCUT2D eigenvalue weighted by Gasteiger charge is -2.10. The quantitative estimate of drug-likeness (QED) is 0.586. The van der Waals surface area contributed by atoms with Gasteiger partial charge >= 0.3 is 6.03 Å². The summed E-state index contributed by atoms with van der Waals surface area (Å²) >= 11 is 0. The van der Waals surface area contributed by atoms with Crippen molar-refractivity contribution in [2.45, 2.75) is 20.3 Å². The van der Waals surface area contributed by atoms with Crippen LogP contribution in [-0.4, -0.2) is 15.4 Å². The summed E-state index contributed by atoms with van der Waals surface area (Å²) in [5, 5.41) is 5.71. The van der Waals surface area contributed by atoms with E-state index in [4.69, 9.17) is 0 Å². The smallest absolute Gasteiger partial charge is 0.308 e. The van der Waals surface area contributed by atoms with Crippen LogP contribution >= 0.6 is 0 Å². The topological polar surface area (TPSA) is 51.0 Å². The first kappa shape index (κ1) is 13.7. The van der Waals surface area contributed by atoms with Crippen molar-refractivity contribution in [1.82, 2.24) is 9.36 Å². The van der Waals surface area contributed by atoms with Crippen LogP contribution in [0.3, 0.4) is 0 Å². The molecule has 4 rings (SSSR count). The second kappa shape index (κ2) is 5.05. The van der Waals surface area contributed by atoms with E-state index in [0.717, 1.165) is 29.0 Å². The van der Waals surface area contributed by atoms with Crippen LogP contribution in [0.5, 0.6) is 0 Å². The third kappa shape index (κ3) is 2.40. The fourth-order valence-electron chi connectivity index (χ4n) is 2.75. The predicted octanol–water partition coefficient (Wildman–Crippen LogP) is 4.10. The number of amides is 2. The molecule has 0 aliphatic carbocycles. The molecule has 2 aliphatic rings. The highest BCUT2D eigenvalue weighted by Gasteiger charge is 2.39. The number of para-hydroxylation sites is 1. The fraction of sp³-hybridized carbons (Fsp3) is 0.167. The van der Waals surface area contributed by atoms with E-state index in [1.807, 2.05) is 55.5 Å². The van der Waals surface area contributed by atoms with Crippen molar-refractivity contribution < 1.29 is 4.79 Å². The Kier molecular flexibility index (Phi) is 3.01. The molecule has 2 aromatic carbocycles. The normalized spacial score (nSPS) is 11.4. The van der Waals surface area contributed by atoms with Gasteiger partial charge in [-0.05, 0) is 49.2 Å². The van der Waals surface area contributed by atoms with Gasteiger partial charge in [0.1, 0.15) is 0 Å². The van der Waals surface area contributed by atoms with Gasteiger partial charge in [-0.25, -0.2) is 14.2 Å². The number of nitrogens with zero attached hydrogens (tertiary/aromatic N) is 2. The van der Waals surface area contributed by atoms with Crippen molar-refractivity contribution in [3.8, 4) is 11.5 Å². The fourth-order valence-corrected chi connectivity index (χ4v) is 2.75. The monoisotopic (exact) mass is 306 g/mol. The molecule has 0 aromatic heterocycles. The van der Waals surface area contributed by atoms with E-state index in [0.29, 0.717) is 0 Å². The Bertz CT molecular complexity index is 868. The molecule has 23 heavy (non-hydrogen) atoms. The van der Waals surface area contributed by atoms with E-state index in [-0.39, 0.29) is 6.03 Å². The summed E-state index contributed by atoms with van der Waals surface area (Å²) in [7, 11) is 0. The summed E-state index contributed by atoms with van der Waals surface area (Å²) in [6, 6.07) is 15.3. The molecule has 2 aromatic rings. The van der Waals surface area contributed by atoms with Gasteiger partial charge in [-0.2, -0.15) is 0 Å². The maximum Gasteiger partial charge on any atom is 0.323 e. The average Bonchev–Trinajstić information content (AvgIpc) is 3.43. The van der Waals surface area contributed by atoms with Crippen molar-refractivity contribution in [1.29, 1.82) is 0 Å². The highest BCUT2D eigenvalue weighted by molar-refractivity contribution is 6.00. The van der Waals surface area contributed by atoms with Gasteiger partial charge in [0.25, 0.3) is 0 Å². The molecule has 2 amide bonds. The number of carbonyl (C=O) groups is 1. The minimum absolute atomic E-state index is 0.235. The largest absolute Gasteiger partial charge is 0.323 e. The molecule has 0 radical (unpaired) electrons. The van der Waals surface area contributed by atoms with Crippen molar-refractivity contribution in [2.75, 3.05) is 10.6 Å². The molecule has 5 nitrogen and oxygen atoms in total. The number of hydrogen-bond acceptors (Lipinski definition) is 1. The van der Waals surface area contributed by atoms with E-state index in [9.17, 15) is 4.79 Å². The zero-order valence-corrected chi connectivity index (χ0v) is 13.1. The third-order valence-corrected chi connectivity index (χ3v) is 4.12. The Hall–Kier alpha value is -2.95. The van der Waals surface area contributed by atoms with Gasteiger partial charge in [-0.15, -0.1) is 0 Å². The van der Waals surface area contributed by atoms with Crippen LogP contribution in [0, 0.1) is 6.92 Å². The first-order valence-corrected chi connectivity index (χ1v) is 7.76. The van der Waals surface area contributed by atoms with Gasteiger partial charge in [-0.3, -0.25) is 0 Å². The van der Waals surface area contributed by atoms with Crippen LogP contribution in [0.25, 0.3) is 11.5 Å². The summed E-state index contributed by atoms with van der Waals surface area (Å²) in [4.78, 5) is 12.1. The van der Waals surface area contributed by atoms with Crippen molar-refractivity contribution >= 4 is 17.4 Å². The number of rotatable bonds is 4. The zero-order chi connectivity index (χ0) is 16.0. The van der Waals surface area contributed by atoms with Crippen LogP contribution in [-0.2, 0) is 6.42 Å². The lowest BCUT2D eigenvalue weighted by Crippen LogP contribution is -2.19. The van der Waals surface area contributed by atoms with E-state index in [1.165, 1.54) is 11.5 Å². The molecule has 0 fully saturated rings.